The lowest BCUT2D eigenvalue weighted by molar-refractivity contribution is -0.137. The van der Waals surface area contributed by atoms with Crippen LogP contribution in [-0.2, 0) is 15.3 Å². The van der Waals surface area contributed by atoms with Crippen molar-refractivity contribution in [2.45, 2.75) is 18.8 Å². The molecular formula is C26H26ClNO4S. The Morgan fingerprint density at radius 1 is 1.15 bits per heavy atom. The number of carbonyl (C=O) groups is 2. The summed E-state index contributed by atoms with van der Waals surface area (Å²) in [6, 6.07) is 19.6. The van der Waals surface area contributed by atoms with Crippen LogP contribution in [0, 0.1) is 0 Å². The maximum Gasteiger partial charge on any atom is 0.232 e. The Bertz CT molecular complexity index is 1150. The topological polar surface area (TPSA) is 55.8 Å². The average Bonchev–Trinajstić information content (AvgIpc) is 2.83. The third-order valence-electron chi connectivity index (χ3n) is 5.60. The zero-order valence-electron chi connectivity index (χ0n) is 18.5. The Kier molecular flexibility index (Phi) is 7.91. The molecular weight excluding hydrogens is 458 g/mol. The molecule has 1 aliphatic heterocycles. The average molecular weight is 484 g/mol. The number of Topliss-reactive ketones (excluding diaryl/α,β-unsaturated/α-hetero) is 1. The van der Waals surface area contributed by atoms with Gasteiger partial charge in [0.1, 0.15) is 18.5 Å². The van der Waals surface area contributed by atoms with Gasteiger partial charge in [0.05, 0.1) is 24.5 Å². The lowest BCUT2D eigenvalue weighted by atomic mass is 10.1. The smallest absolute Gasteiger partial charge is 0.232 e. The van der Waals surface area contributed by atoms with Crippen molar-refractivity contribution in [3.8, 4) is 5.75 Å². The molecule has 33 heavy (non-hydrogen) atoms. The predicted octanol–water partition coefficient (Wildman–Crippen LogP) is 5.24. The number of fused-ring (bicyclic) bond motifs is 1. The van der Waals surface area contributed by atoms with Crippen LogP contribution in [0.3, 0.4) is 0 Å². The number of rotatable bonds is 8. The van der Waals surface area contributed by atoms with Gasteiger partial charge in [0.25, 0.3) is 0 Å². The summed E-state index contributed by atoms with van der Waals surface area (Å²) in [5.41, 5.74) is 1.68. The Hall–Kier alpha value is -2.54. The highest BCUT2D eigenvalue weighted by atomic mass is 35.5. The normalized spacial score (nSPS) is 16.1. The van der Waals surface area contributed by atoms with E-state index >= 15 is 0 Å². The summed E-state index contributed by atoms with van der Waals surface area (Å²) in [5, 5.41) is 2.93. The van der Waals surface area contributed by atoms with Crippen LogP contribution in [0.25, 0.3) is 10.8 Å². The second-order valence-corrected chi connectivity index (χ2v) is 9.39. The van der Waals surface area contributed by atoms with Crippen molar-refractivity contribution in [2.24, 2.45) is 0 Å². The molecule has 172 valence electrons. The van der Waals surface area contributed by atoms with Crippen LogP contribution < -0.4 is 4.74 Å². The molecule has 1 amide bonds. The molecule has 0 radical (unpaired) electrons. The molecule has 1 saturated heterocycles. The van der Waals surface area contributed by atoms with Gasteiger partial charge in [-0.3, -0.25) is 9.59 Å². The van der Waals surface area contributed by atoms with E-state index in [1.165, 1.54) is 23.3 Å². The van der Waals surface area contributed by atoms with Gasteiger partial charge in [-0.05, 0) is 41.5 Å². The fourth-order valence-corrected chi connectivity index (χ4v) is 4.99. The van der Waals surface area contributed by atoms with E-state index in [9.17, 15) is 9.59 Å². The minimum Gasteiger partial charge on any atom is -0.490 e. The van der Waals surface area contributed by atoms with Gasteiger partial charge in [0, 0.05) is 17.3 Å². The second kappa shape index (κ2) is 11.1. The van der Waals surface area contributed by atoms with Crippen LogP contribution in [-0.4, -0.2) is 54.8 Å². The molecule has 0 aliphatic carbocycles. The molecule has 1 heterocycles. The number of hydrogen-bond donors (Lipinski definition) is 0. The maximum atomic E-state index is 12.8. The lowest BCUT2D eigenvalue weighted by Crippen LogP contribution is -2.48. The molecule has 3 aromatic carbocycles. The third kappa shape index (κ3) is 6.08. The number of benzene rings is 3. The largest absolute Gasteiger partial charge is 0.490 e. The molecule has 7 heteroatoms. The van der Waals surface area contributed by atoms with E-state index in [-0.39, 0.29) is 24.4 Å². The Morgan fingerprint density at radius 3 is 2.82 bits per heavy atom. The lowest BCUT2D eigenvalue weighted by Gasteiger charge is -2.33. The summed E-state index contributed by atoms with van der Waals surface area (Å²) in [6.07, 6.45) is -0.249. The van der Waals surface area contributed by atoms with Crippen molar-refractivity contribution in [3.05, 3.63) is 76.8 Å². The van der Waals surface area contributed by atoms with Crippen molar-refractivity contribution in [1.29, 1.82) is 0 Å². The number of ether oxygens (including phenoxy) is 2. The van der Waals surface area contributed by atoms with Crippen LogP contribution >= 0.6 is 23.4 Å². The van der Waals surface area contributed by atoms with E-state index in [0.717, 1.165) is 5.75 Å². The minimum atomic E-state index is -0.249. The summed E-state index contributed by atoms with van der Waals surface area (Å²) in [7, 11) is 0. The molecule has 0 saturated carbocycles. The first-order valence-corrected chi connectivity index (χ1v) is 12.4. The highest BCUT2D eigenvalue weighted by molar-refractivity contribution is 7.99. The van der Waals surface area contributed by atoms with Crippen molar-refractivity contribution in [2.75, 3.05) is 32.1 Å². The van der Waals surface area contributed by atoms with Gasteiger partial charge < -0.3 is 14.4 Å². The number of halogens is 1. The molecule has 1 aliphatic rings. The third-order valence-corrected chi connectivity index (χ3v) is 6.80. The summed E-state index contributed by atoms with van der Waals surface area (Å²) in [6.45, 7) is 3.25. The van der Waals surface area contributed by atoms with E-state index in [1.807, 2.05) is 17.0 Å². The Balaban J connectivity index is 1.28. The summed E-state index contributed by atoms with van der Waals surface area (Å²) in [4.78, 5) is 26.5. The molecule has 0 bridgehead atoms. The van der Waals surface area contributed by atoms with Crippen molar-refractivity contribution < 1.29 is 19.1 Å². The summed E-state index contributed by atoms with van der Waals surface area (Å²) >= 11 is 7.62. The first-order valence-electron chi connectivity index (χ1n) is 10.9. The number of hydrogen-bond acceptors (Lipinski definition) is 5. The van der Waals surface area contributed by atoms with Gasteiger partial charge in [-0.1, -0.05) is 54.1 Å². The number of ketones is 1. The van der Waals surface area contributed by atoms with Crippen molar-refractivity contribution >= 4 is 45.8 Å². The first-order chi connectivity index (χ1) is 16.0. The van der Waals surface area contributed by atoms with Crippen LogP contribution in [0.2, 0.25) is 5.02 Å². The number of carbonyl (C=O) groups excluding carboxylic acids is 2. The molecule has 1 unspecified atom stereocenters. The minimum absolute atomic E-state index is 0.101. The van der Waals surface area contributed by atoms with E-state index in [4.69, 9.17) is 21.1 Å². The number of nitrogens with zero attached hydrogens (tertiary/aromatic N) is 1. The molecule has 0 aromatic heterocycles. The second-order valence-electron chi connectivity index (χ2n) is 7.97. The summed E-state index contributed by atoms with van der Waals surface area (Å²) in [5.74, 6) is 1.67. The van der Waals surface area contributed by atoms with Crippen LogP contribution in [0.15, 0.2) is 60.7 Å². The van der Waals surface area contributed by atoms with E-state index < -0.39 is 0 Å². The molecule has 1 atom stereocenters. The van der Waals surface area contributed by atoms with Gasteiger partial charge in [-0.15, -0.1) is 11.8 Å². The van der Waals surface area contributed by atoms with Crippen molar-refractivity contribution in [3.63, 3.8) is 0 Å². The predicted molar refractivity (Wildman–Crippen MR) is 133 cm³/mol. The van der Waals surface area contributed by atoms with Crippen LogP contribution in [0.4, 0.5) is 0 Å². The molecule has 4 rings (SSSR count). The standard InChI is InChI=1S/C26H26ClNO4S/c1-18(29)24-13-21(27)9-10-25(24)32-15-22-14-28(11-12-31-22)26(30)17-33-16-20-7-4-6-19-5-2-3-8-23(19)20/h2-10,13,22H,11-12,14-17H2,1H3. The molecule has 0 spiro atoms. The van der Waals surface area contributed by atoms with E-state index in [0.29, 0.717) is 41.8 Å². The molecule has 5 nitrogen and oxygen atoms in total. The quantitative estimate of drug-likeness (QED) is 0.410. The Morgan fingerprint density at radius 2 is 1.97 bits per heavy atom. The van der Waals surface area contributed by atoms with Gasteiger partial charge >= 0.3 is 0 Å². The number of morpholine rings is 1. The monoisotopic (exact) mass is 483 g/mol. The fraction of sp³-hybridized carbons (Fsp3) is 0.308. The highest BCUT2D eigenvalue weighted by Gasteiger charge is 2.25. The van der Waals surface area contributed by atoms with Crippen LogP contribution in [0.5, 0.6) is 5.75 Å². The van der Waals surface area contributed by atoms with Crippen LogP contribution in [0.1, 0.15) is 22.8 Å². The zero-order valence-corrected chi connectivity index (χ0v) is 20.0. The van der Waals surface area contributed by atoms with Gasteiger partial charge in [0.2, 0.25) is 5.91 Å². The van der Waals surface area contributed by atoms with Gasteiger partial charge in [-0.25, -0.2) is 0 Å². The number of thioether (sulfide) groups is 1. The van der Waals surface area contributed by atoms with E-state index in [1.54, 1.807) is 30.0 Å². The van der Waals surface area contributed by atoms with E-state index in [2.05, 4.69) is 30.3 Å². The summed E-state index contributed by atoms with van der Waals surface area (Å²) < 4.78 is 11.6. The zero-order chi connectivity index (χ0) is 23.2. The first kappa shape index (κ1) is 23.6. The number of amides is 1. The highest BCUT2D eigenvalue weighted by Crippen LogP contribution is 2.25. The van der Waals surface area contributed by atoms with Crippen molar-refractivity contribution in [1.82, 2.24) is 4.90 Å². The maximum absolute atomic E-state index is 12.8. The fourth-order valence-electron chi connectivity index (χ4n) is 3.89. The van der Waals surface area contributed by atoms with Gasteiger partial charge in [-0.2, -0.15) is 0 Å². The molecule has 1 fully saturated rings. The molecule has 0 N–H and O–H groups in total. The molecule has 3 aromatic rings. The van der Waals surface area contributed by atoms with Gasteiger partial charge in [0.15, 0.2) is 5.78 Å². The SMILES string of the molecule is CC(=O)c1cc(Cl)ccc1OCC1CN(C(=O)CSCc2cccc3ccccc23)CCO1. The Labute approximate surface area is 203 Å².